The zero-order chi connectivity index (χ0) is 22.9. The number of rotatable bonds is 7. The molecule has 0 atom stereocenters. The lowest BCUT2D eigenvalue weighted by Gasteiger charge is -2.30. The van der Waals surface area contributed by atoms with Crippen molar-refractivity contribution >= 4 is 45.0 Å². The third-order valence-corrected chi connectivity index (χ3v) is 7.65. The van der Waals surface area contributed by atoms with E-state index in [4.69, 9.17) is 16.3 Å². The number of ether oxygens (including phenoxy) is 1. The van der Waals surface area contributed by atoms with Crippen molar-refractivity contribution in [2.75, 3.05) is 31.1 Å². The molecule has 1 saturated heterocycles. The summed E-state index contributed by atoms with van der Waals surface area (Å²) in [6.07, 6.45) is 6.42. The third-order valence-electron chi connectivity index (χ3n) is 6.00. The molecule has 2 fully saturated rings. The number of benzene rings is 1. The van der Waals surface area contributed by atoms with Crippen molar-refractivity contribution in [1.29, 1.82) is 0 Å². The van der Waals surface area contributed by atoms with Gasteiger partial charge in [0.2, 0.25) is 0 Å². The normalized spacial score (nSPS) is 19.3. The highest BCUT2D eigenvalue weighted by atomic mass is 35.5. The van der Waals surface area contributed by atoms with Gasteiger partial charge in [-0.2, -0.15) is 8.42 Å². The summed E-state index contributed by atoms with van der Waals surface area (Å²) < 4.78 is 34.8. The fourth-order valence-electron chi connectivity index (χ4n) is 4.15. The van der Waals surface area contributed by atoms with Crippen LogP contribution in [0.3, 0.4) is 0 Å². The van der Waals surface area contributed by atoms with Gasteiger partial charge in [0.15, 0.2) is 6.61 Å². The lowest BCUT2D eigenvalue weighted by molar-refractivity contribution is -0.134. The summed E-state index contributed by atoms with van der Waals surface area (Å²) in [5, 5.41) is 0.0882. The van der Waals surface area contributed by atoms with Crippen LogP contribution in [-0.2, 0) is 19.6 Å². The SMILES string of the molecule is CCCN(CC1CC1)C(=O)COC(=O)c1cc2c(cc1Cl)N1CCCCCC1=NS2(=O)=O. The highest BCUT2D eigenvalue weighted by Gasteiger charge is 2.34. The number of hydrogen-bond donors (Lipinski definition) is 0. The van der Waals surface area contributed by atoms with E-state index in [1.165, 1.54) is 12.1 Å². The Bertz CT molecular complexity index is 1050. The van der Waals surface area contributed by atoms with Gasteiger partial charge in [-0.05, 0) is 50.2 Å². The smallest absolute Gasteiger partial charge is 0.340 e. The average molecular weight is 482 g/mol. The molecule has 2 aliphatic heterocycles. The standard InChI is InChI=1S/C22H28ClN3O5S/c1-2-9-25(13-15-7-8-15)21(27)14-31-22(28)16-11-19-18(12-17(16)23)26-10-5-3-4-6-20(26)24-32(19,29)30/h11-12,15H,2-10,13-14H2,1H3. The van der Waals surface area contributed by atoms with Crippen molar-refractivity contribution in [3.05, 3.63) is 22.7 Å². The Labute approximate surface area is 193 Å². The molecule has 2 heterocycles. The Morgan fingerprint density at radius 3 is 2.75 bits per heavy atom. The van der Waals surface area contributed by atoms with Crippen LogP contribution < -0.4 is 4.90 Å². The van der Waals surface area contributed by atoms with Crippen molar-refractivity contribution < 1.29 is 22.7 Å². The molecule has 1 saturated carbocycles. The van der Waals surface area contributed by atoms with E-state index in [2.05, 4.69) is 4.40 Å². The number of anilines is 1. The number of amides is 1. The van der Waals surface area contributed by atoms with Crippen LogP contribution >= 0.6 is 11.6 Å². The molecule has 3 aliphatic rings. The lowest BCUT2D eigenvalue weighted by Crippen LogP contribution is -2.37. The Balaban J connectivity index is 1.53. The number of nitrogens with zero attached hydrogens (tertiary/aromatic N) is 3. The molecule has 0 unspecified atom stereocenters. The number of amidine groups is 1. The van der Waals surface area contributed by atoms with Gasteiger partial charge in [0.1, 0.15) is 10.7 Å². The number of carbonyl (C=O) groups excluding carboxylic acids is 2. The van der Waals surface area contributed by atoms with Crippen LogP contribution in [0, 0.1) is 5.92 Å². The van der Waals surface area contributed by atoms with E-state index in [1.807, 2.05) is 11.8 Å². The molecule has 32 heavy (non-hydrogen) atoms. The Morgan fingerprint density at radius 1 is 1.25 bits per heavy atom. The second-order valence-corrected chi connectivity index (χ2v) is 10.6. The number of fused-ring (bicyclic) bond motifs is 3. The maximum absolute atomic E-state index is 12.8. The molecular formula is C22H28ClN3O5S. The number of hydrogen-bond acceptors (Lipinski definition) is 6. The fraction of sp³-hybridized carbons (Fsp3) is 0.591. The first kappa shape index (κ1) is 23.0. The number of halogens is 1. The van der Waals surface area contributed by atoms with Crippen LogP contribution in [0.25, 0.3) is 0 Å². The zero-order valence-electron chi connectivity index (χ0n) is 18.2. The summed E-state index contributed by atoms with van der Waals surface area (Å²) in [7, 11) is -3.96. The first-order chi connectivity index (χ1) is 15.3. The second-order valence-electron chi connectivity index (χ2n) is 8.60. The van der Waals surface area contributed by atoms with Crippen LogP contribution in [0.15, 0.2) is 21.4 Å². The van der Waals surface area contributed by atoms with Crippen LogP contribution in [0.5, 0.6) is 0 Å². The molecule has 0 spiro atoms. The van der Waals surface area contributed by atoms with E-state index >= 15 is 0 Å². The molecule has 0 radical (unpaired) electrons. The highest BCUT2D eigenvalue weighted by Crippen LogP contribution is 2.38. The molecule has 1 aromatic carbocycles. The molecule has 1 amide bonds. The van der Waals surface area contributed by atoms with E-state index in [1.54, 1.807) is 4.90 Å². The predicted molar refractivity (Wildman–Crippen MR) is 122 cm³/mol. The first-order valence-corrected chi connectivity index (χ1v) is 13.0. The quantitative estimate of drug-likeness (QED) is 0.552. The molecule has 174 valence electrons. The summed E-state index contributed by atoms with van der Waals surface area (Å²) in [6, 6.07) is 2.71. The maximum Gasteiger partial charge on any atom is 0.340 e. The van der Waals surface area contributed by atoms with Crippen LogP contribution in [0.4, 0.5) is 5.69 Å². The van der Waals surface area contributed by atoms with Gasteiger partial charge >= 0.3 is 5.97 Å². The third kappa shape index (κ3) is 4.93. The molecule has 1 aliphatic carbocycles. The lowest BCUT2D eigenvalue weighted by atomic mass is 10.1. The largest absolute Gasteiger partial charge is 0.452 e. The minimum atomic E-state index is -3.96. The van der Waals surface area contributed by atoms with Gasteiger partial charge in [-0.25, -0.2) is 4.79 Å². The van der Waals surface area contributed by atoms with Gasteiger partial charge in [0.25, 0.3) is 15.9 Å². The summed E-state index contributed by atoms with van der Waals surface area (Å²) in [5.41, 5.74) is 0.354. The Hall–Kier alpha value is -2.13. The van der Waals surface area contributed by atoms with Crippen LogP contribution in [0.2, 0.25) is 5.02 Å². The molecule has 0 bridgehead atoms. The van der Waals surface area contributed by atoms with Crippen molar-refractivity contribution in [2.24, 2.45) is 10.3 Å². The number of sulfonamides is 1. The Kier molecular flexibility index (Phi) is 6.76. The molecule has 0 N–H and O–H groups in total. The molecule has 10 heteroatoms. The van der Waals surface area contributed by atoms with E-state index in [0.29, 0.717) is 43.5 Å². The second kappa shape index (κ2) is 9.39. The van der Waals surface area contributed by atoms with E-state index < -0.39 is 22.6 Å². The summed E-state index contributed by atoms with van der Waals surface area (Å²) in [6.45, 7) is 3.52. The highest BCUT2D eigenvalue weighted by molar-refractivity contribution is 7.90. The van der Waals surface area contributed by atoms with Gasteiger partial charge in [-0.15, -0.1) is 4.40 Å². The fourth-order valence-corrected chi connectivity index (χ4v) is 5.65. The van der Waals surface area contributed by atoms with Gasteiger partial charge in [0.05, 0.1) is 16.3 Å². The molecule has 8 nitrogen and oxygen atoms in total. The van der Waals surface area contributed by atoms with Crippen LogP contribution in [-0.4, -0.2) is 57.3 Å². The number of carbonyl (C=O) groups is 2. The average Bonchev–Trinajstić information content (AvgIpc) is 3.58. The maximum atomic E-state index is 12.8. The van der Waals surface area contributed by atoms with Crippen LogP contribution in [0.1, 0.15) is 62.2 Å². The zero-order valence-corrected chi connectivity index (χ0v) is 19.8. The van der Waals surface area contributed by atoms with Gasteiger partial charge < -0.3 is 14.5 Å². The van der Waals surface area contributed by atoms with Gasteiger partial charge in [-0.3, -0.25) is 4.79 Å². The summed E-state index contributed by atoms with van der Waals surface area (Å²) in [5.74, 6) is -0.0351. The van der Waals surface area contributed by atoms with Gasteiger partial charge in [0, 0.05) is 26.1 Å². The van der Waals surface area contributed by atoms with Crippen molar-refractivity contribution in [1.82, 2.24) is 4.90 Å². The van der Waals surface area contributed by atoms with Crippen molar-refractivity contribution in [3.63, 3.8) is 0 Å². The minimum absolute atomic E-state index is 0.0628. The van der Waals surface area contributed by atoms with E-state index in [0.717, 1.165) is 38.5 Å². The van der Waals surface area contributed by atoms with E-state index in [-0.39, 0.29) is 21.4 Å². The van der Waals surface area contributed by atoms with E-state index in [9.17, 15) is 18.0 Å². The van der Waals surface area contributed by atoms with Gasteiger partial charge in [-0.1, -0.05) is 24.9 Å². The first-order valence-electron chi connectivity index (χ1n) is 11.2. The van der Waals surface area contributed by atoms with Crippen molar-refractivity contribution in [2.45, 2.75) is 56.8 Å². The molecule has 4 rings (SSSR count). The topological polar surface area (TPSA) is 96.3 Å². The molecule has 1 aromatic rings. The molecular weight excluding hydrogens is 454 g/mol. The van der Waals surface area contributed by atoms with Crippen molar-refractivity contribution in [3.8, 4) is 0 Å². The predicted octanol–water partition coefficient (Wildman–Crippen LogP) is 3.63. The monoisotopic (exact) mass is 481 g/mol. The summed E-state index contributed by atoms with van der Waals surface area (Å²) in [4.78, 5) is 28.8. The Morgan fingerprint density at radius 2 is 2.03 bits per heavy atom. The summed E-state index contributed by atoms with van der Waals surface area (Å²) >= 11 is 6.37. The number of esters is 1. The minimum Gasteiger partial charge on any atom is -0.452 e. The molecule has 0 aromatic heterocycles.